The van der Waals surface area contributed by atoms with Gasteiger partial charge in [0.15, 0.2) is 0 Å². The van der Waals surface area contributed by atoms with Gasteiger partial charge in [-0.1, -0.05) is 18.2 Å². The highest BCUT2D eigenvalue weighted by Crippen LogP contribution is 2.33. The number of rotatable bonds is 3. The highest BCUT2D eigenvalue weighted by Gasteiger charge is 2.18. The molecule has 0 amide bonds. The third-order valence-electron chi connectivity index (χ3n) is 3.82. The Kier molecular flexibility index (Phi) is 3.36. The number of aromatic nitrogens is 1. The Morgan fingerprint density at radius 3 is 2.95 bits per heavy atom. The van der Waals surface area contributed by atoms with Crippen LogP contribution in [-0.4, -0.2) is 12.1 Å². The number of benzene rings is 1. The van der Waals surface area contributed by atoms with Crippen molar-refractivity contribution in [3.63, 3.8) is 0 Å². The van der Waals surface area contributed by atoms with Gasteiger partial charge < -0.3 is 10.2 Å². The molecule has 1 aliphatic rings. The normalized spacial score (nSPS) is 14.4. The molecular formula is C15H19N3O. The SMILES string of the molecule is COCc1cccc2c(NN)c3c(nc12)CCCC3. The van der Waals surface area contributed by atoms with E-state index in [1.165, 1.54) is 24.1 Å². The fraction of sp³-hybridized carbons (Fsp3) is 0.400. The third-order valence-corrected chi connectivity index (χ3v) is 3.82. The zero-order chi connectivity index (χ0) is 13.2. The van der Waals surface area contributed by atoms with E-state index in [0.717, 1.165) is 35.0 Å². The number of nitrogen functional groups attached to an aromatic ring is 1. The van der Waals surface area contributed by atoms with Crippen molar-refractivity contribution in [2.45, 2.75) is 32.3 Å². The summed E-state index contributed by atoms with van der Waals surface area (Å²) < 4.78 is 5.26. The van der Waals surface area contributed by atoms with Crippen LogP contribution in [0.4, 0.5) is 5.69 Å². The number of para-hydroxylation sites is 1. The van der Waals surface area contributed by atoms with Gasteiger partial charge in [-0.15, -0.1) is 0 Å². The summed E-state index contributed by atoms with van der Waals surface area (Å²) in [6.45, 7) is 0.577. The van der Waals surface area contributed by atoms with E-state index in [0.29, 0.717) is 6.61 Å². The number of hydrazine groups is 1. The Bertz CT molecular complexity index is 610. The lowest BCUT2D eigenvalue weighted by Gasteiger charge is -2.21. The minimum absolute atomic E-state index is 0.577. The lowest BCUT2D eigenvalue weighted by atomic mass is 9.92. The number of nitrogens with zero attached hydrogens (tertiary/aromatic N) is 1. The van der Waals surface area contributed by atoms with Crippen molar-refractivity contribution in [3.8, 4) is 0 Å². The van der Waals surface area contributed by atoms with Gasteiger partial charge in [0.25, 0.3) is 0 Å². The summed E-state index contributed by atoms with van der Waals surface area (Å²) >= 11 is 0. The molecule has 1 aromatic carbocycles. The second-order valence-electron chi connectivity index (χ2n) is 5.01. The molecule has 100 valence electrons. The summed E-state index contributed by atoms with van der Waals surface area (Å²) in [5, 5.41) is 1.10. The van der Waals surface area contributed by atoms with Crippen molar-refractivity contribution in [2.75, 3.05) is 12.5 Å². The molecule has 0 saturated carbocycles. The highest BCUT2D eigenvalue weighted by atomic mass is 16.5. The van der Waals surface area contributed by atoms with Gasteiger partial charge in [-0.2, -0.15) is 0 Å². The Morgan fingerprint density at radius 2 is 2.16 bits per heavy atom. The van der Waals surface area contributed by atoms with Crippen LogP contribution in [0.15, 0.2) is 18.2 Å². The van der Waals surface area contributed by atoms with Crippen LogP contribution in [0.1, 0.15) is 29.7 Å². The zero-order valence-corrected chi connectivity index (χ0v) is 11.2. The first-order valence-corrected chi connectivity index (χ1v) is 6.74. The Hall–Kier alpha value is -1.65. The Labute approximate surface area is 112 Å². The van der Waals surface area contributed by atoms with Crippen molar-refractivity contribution >= 4 is 16.6 Å². The molecule has 0 unspecified atom stereocenters. The van der Waals surface area contributed by atoms with Gasteiger partial charge in [0.1, 0.15) is 0 Å². The van der Waals surface area contributed by atoms with E-state index in [1.54, 1.807) is 7.11 Å². The monoisotopic (exact) mass is 257 g/mol. The van der Waals surface area contributed by atoms with E-state index < -0.39 is 0 Å². The first-order valence-electron chi connectivity index (χ1n) is 6.74. The van der Waals surface area contributed by atoms with Crippen LogP contribution in [-0.2, 0) is 24.2 Å². The lowest BCUT2D eigenvalue weighted by Crippen LogP contribution is -2.15. The minimum atomic E-state index is 0.577. The maximum atomic E-state index is 5.75. The van der Waals surface area contributed by atoms with E-state index in [4.69, 9.17) is 15.6 Å². The molecule has 0 bridgehead atoms. The number of fused-ring (bicyclic) bond motifs is 2. The number of nitrogens with two attached hydrogens (primary N) is 1. The molecule has 0 fully saturated rings. The molecule has 0 aliphatic heterocycles. The second-order valence-corrected chi connectivity index (χ2v) is 5.01. The molecule has 2 aromatic rings. The zero-order valence-electron chi connectivity index (χ0n) is 11.2. The molecule has 1 aliphatic carbocycles. The second kappa shape index (κ2) is 5.15. The van der Waals surface area contributed by atoms with Gasteiger partial charge in [-0.25, -0.2) is 0 Å². The van der Waals surface area contributed by atoms with E-state index in [1.807, 2.05) is 6.07 Å². The van der Waals surface area contributed by atoms with Gasteiger partial charge in [0.05, 0.1) is 17.8 Å². The maximum absolute atomic E-state index is 5.75. The number of hydrogen-bond donors (Lipinski definition) is 2. The summed E-state index contributed by atoms with van der Waals surface area (Å²) in [4.78, 5) is 4.87. The molecule has 0 atom stereocenters. The number of anilines is 1. The Morgan fingerprint density at radius 1 is 1.32 bits per heavy atom. The van der Waals surface area contributed by atoms with Crippen molar-refractivity contribution in [3.05, 3.63) is 35.0 Å². The van der Waals surface area contributed by atoms with Crippen LogP contribution < -0.4 is 11.3 Å². The molecule has 3 rings (SSSR count). The molecule has 4 heteroatoms. The standard InChI is InChI=1S/C15H19N3O/c1-19-9-10-5-4-7-12-14(10)17-13-8-3-2-6-11(13)15(12)18-16/h4-5,7H,2-3,6,8-9,16H2,1H3,(H,17,18). The first-order chi connectivity index (χ1) is 9.35. The fourth-order valence-corrected chi connectivity index (χ4v) is 2.94. The summed E-state index contributed by atoms with van der Waals surface area (Å²) in [7, 11) is 1.71. The predicted molar refractivity (Wildman–Crippen MR) is 76.9 cm³/mol. The van der Waals surface area contributed by atoms with E-state index in [9.17, 15) is 0 Å². The summed E-state index contributed by atoms with van der Waals surface area (Å²) in [5.74, 6) is 5.75. The van der Waals surface area contributed by atoms with Crippen LogP contribution in [0.5, 0.6) is 0 Å². The number of ether oxygens (including phenoxy) is 1. The van der Waals surface area contributed by atoms with Crippen molar-refractivity contribution in [1.29, 1.82) is 0 Å². The highest BCUT2D eigenvalue weighted by molar-refractivity contribution is 5.95. The molecule has 19 heavy (non-hydrogen) atoms. The third kappa shape index (κ3) is 2.07. The van der Waals surface area contributed by atoms with Crippen molar-refractivity contribution < 1.29 is 4.74 Å². The topological polar surface area (TPSA) is 60.2 Å². The largest absolute Gasteiger partial charge is 0.380 e. The van der Waals surface area contributed by atoms with E-state index >= 15 is 0 Å². The van der Waals surface area contributed by atoms with Gasteiger partial charge in [-0.3, -0.25) is 10.8 Å². The van der Waals surface area contributed by atoms with E-state index in [-0.39, 0.29) is 0 Å². The van der Waals surface area contributed by atoms with Crippen LogP contribution >= 0.6 is 0 Å². The Balaban J connectivity index is 2.29. The molecule has 0 spiro atoms. The van der Waals surface area contributed by atoms with Crippen LogP contribution in [0.2, 0.25) is 0 Å². The van der Waals surface area contributed by atoms with E-state index in [2.05, 4.69) is 17.6 Å². The number of nitrogens with one attached hydrogen (secondary N) is 1. The van der Waals surface area contributed by atoms with Crippen LogP contribution in [0.3, 0.4) is 0 Å². The van der Waals surface area contributed by atoms with Crippen molar-refractivity contribution in [1.82, 2.24) is 4.98 Å². The van der Waals surface area contributed by atoms with Crippen LogP contribution in [0, 0.1) is 0 Å². The van der Waals surface area contributed by atoms with Gasteiger partial charge >= 0.3 is 0 Å². The predicted octanol–water partition coefficient (Wildman–Crippen LogP) is 2.55. The molecular weight excluding hydrogens is 238 g/mol. The summed E-state index contributed by atoms with van der Waals surface area (Å²) in [5.41, 5.74) is 8.53. The number of pyridine rings is 1. The van der Waals surface area contributed by atoms with Gasteiger partial charge in [0, 0.05) is 23.8 Å². The molecule has 0 saturated heterocycles. The molecule has 4 nitrogen and oxygen atoms in total. The lowest BCUT2D eigenvalue weighted by molar-refractivity contribution is 0.186. The molecule has 1 heterocycles. The minimum Gasteiger partial charge on any atom is -0.380 e. The van der Waals surface area contributed by atoms with Gasteiger partial charge in [-0.05, 0) is 31.2 Å². The maximum Gasteiger partial charge on any atom is 0.0781 e. The molecule has 0 radical (unpaired) electrons. The molecule has 3 N–H and O–H groups in total. The fourth-order valence-electron chi connectivity index (χ4n) is 2.94. The smallest absolute Gasteiger partial charge is 0.0781 e. The number of methoxy groups -OCH3 is 1. The number of aryl methyl sites for hydroxylation is 1. The first kappa shape index (κ1) is 12.4. The van der Waals surface area contributed by atoms with Crippen molar-refractivity contribution in [2.24, 2.45) is 5.84 Å². The number of hydrogen-bond acceptors (Lipinski definition) is 4. The average Bonchev–Trinajstić information content (AvgIpc) is 2.45. The summed E-state index contributed by atoms with van der Waals surface area (Å²) in [6, 6.07) is 6.17. The summed E-state index contributed by atoms with van der Waals surface area (Å²) in [6.07, 6.45) is 4.53. The molecule has 1 aromatic heterocycles. The van der Waals surface area contributed by atoms with Gasteiger partial charge in [0.2, 0.25) is 0 Å². The van der Waals surface area contributed by atoms with Crippen LogP contribution in [0.25, 0.3) is 10.9 Å². The average molecular weight is 257 g/mol. The quantitative estimate of drug-likeness (QED) is 0.655.